The molecule has 14 heteroatoms. The van der Waals surface area contributed by atoms with Crippen LogP contribution in [-0.2, 0) is 27.5 Å². The Hall–Kier alpha value is -5.57. The summed E-state index contributed by atoms with van der Waals surface area (Å²) in [6.07, 6.45) is 9.78. The van der Waals surface area contributed by atoms with E-state index in [9.17, 15) is 29.5 Å². The topological polar surface area (TPSA) is 162 Å². The van der Waals surface area contributed by atoms with E-state index in [1.165, 1.54) is 23.1 Å². The Morgan fingerprint density at radius 1 is 1.03 bits per heavy atom. The van der Waals surface area contributed by atoms with Gasteiger partial charge in [0.05, 0.1) is 29.8 Å². The van der Waals surface area contributed by atoms with Crippen LogP contribution in [0.2, 0.25) is 0 Å². The second-order valence-electron chi connectivity index (χ2n) is 15.7. The van der Waals surface area contributed by atoms with Gasteiger partial charge < -0.3 is 38.9 Å². The first-order valence-electron chi connectivity index (χ1n) is 21.0. The van der Waals surface area contributed by atoms with E-state index in [1.807, 2.05) is 12.1 Å². The van der Waals surface area contributed by atoms with Crippen LogP contribution in [0.1, 0.15) is 74.0 Å². The van der Waals surface area contributed by atoms with Crippen molar-refractivity contribution in [1.82, 2.24) is 4.90 Å². The minimum atomic E-state index is -1.48. The first kappa shape index (κ1) is 45.0. The molecule has 1 amide bonds. The van der Waals surface area contributed by atoms with Crippen molar-refractivity contribution in [3.05, 3.63) is 136 Å². The van der Waals surface area contributed by atoms with Crippen LogP contribution in [0.5, 0.6) is 11.5 Å². The van der Waals surface area contributed by atoms with E-state index >= 15 is 0 Å². The minimum Gasteiger partial charge on any atom is -0.489 e. The number of non-ortho nitro benzene ring substituents is 1. The fourth-order valence-electron chi connectivity index (χ4n) is 8.95. The lowest BCUT2D eigenvalue weighted by Crippen LogP contribution is -2.69. The number of nitro groups is 1. The van der Waals surface area contributed by atoms with Crippen LogP contribution in [0.4, 0.5) is 14.9 Å². The third kappa shape index (κ3) is 10.3. The molecule has 0 saturated heterocycles. The maximum Gasteiger partial charge on any atom is 0.409 e. The summed E-state index contributed by atoms with van der Waals surface area (Å²) in [6, 6.07) is 17.3. The van der Waals surface area contributed by atoms with Gasteiger partial charge in [-0.3, -0.25) is 10.1 Å². The molecule has 6 atom stereocenters. The van der Waals surface area contributed by atoms with Crippen molar-refractivity contribution in [2.75, 3.05) is 33.5 Å². The predicted molar refractivity (Wildman–Crippen MR) is 227 cm³/mol. The highest BCUT2D eigenvalue weighted by Gasteiger charge is 2.65. The first-order chi connectivity index (χ1) is 29.6. The van der Waals surface area contributed by atoms with Crippen LogP contribution in [0.15, 0.2) is 109 Å². The zero-order chi connectivity index (χ0) is 43.4. The molecule has 3 aliphatic rings. The molecule has 2 N–H and O–H groups in total. The molecule has 1 heterocycles. The van der Waals surface area contributed by atoms with Crippen molar-refractivity contribution < 1.29 is 48.1 Å². The second-order valence-corrected chi connectivity index (χ2v) is 15.7. The standard InChI is InChI=1S/C47H56FN3O10/c1-4-6-26-57-46(54)50(3)43-29-41(49-60-30-32-17-19-35(20-18-32)51(55)56)38-27-33(13-9-11-23-52)37(15-10-12-24-53)44-39-28-36(58-31-34-14-7-8-16-40(34)48)21-22-42(39)61-47(43,45(38)44)59-25-5-2/h4-5,7-8,14,16-22,27-28,33,37,43-45,52-53H,1-2,6,9-13,15,23-26,29-31H2,3H3/t33-,37+,43-,44+,45+,47+/m0/s1. The van der Waals surface area contributed by atoms with Gasteiger partial charge in [-0.1, -0.05) is 54.4 Å². The fraction of sp³-hybridized carbons (Fsp3) is 0.447. The summed E-state index contributed by atoms with van der Waals surface area (Å²) in [4.78, 5) is 32.3. The number of allylic oxidation sites excluding steroid dienone is 1. The van der Waals surface area contributed by atoms with Crippen LogP contribution in [-0.4, -0.2) is 77.1 Å². The van der Waals surface area contributed by atoms with Crippen molar-refractivity contribution >= 4 is 17.5 Å². The maximum atomic E-state index is 14.7. The van der Waals surface area contributed by atoms with Gasteiger partial charge in [0, 0.05) is 55.9 Å². The van der Waals surface area contributed by atoms with E-state index in [0.29, 0.717) is 47.6 Å². The number of carbonyl (C=O) groups excluding carboxylic acids is 1. The number of oxime groups is 1. The number of halogens is 1. The van der Waals surface area contributed by atoms with Gasteiger partial charge in [-0.05, 0) is 91.5 Å². The SMILES string of the molecule is C=CCCOC(=O)N(C)[C@H]1CC(=NOCc2ccc([N+](=O)[O-])cc2)C2=C[C@H](CCCCO)[C@@H](CCCCO)[C@@H]3c4cc(OCc5ccccc5F)ccc4O[C@@]1(OCC=C)[C@H]23. The van der Waals surface area contributed by atoms with Gasteiger partial charge >= 0.3 is 6.09 Å². The summed E-state index contributed by atoms with van der Waals surface area (Å²) in [6.45, 7) is 8.04. The highest BCUT2D eigenvalue weighted by molar-refractivity contribution is 6.02. The lowest BCUT2D eigenvalue weighted by molar-refractivity contribution is -0.384. The van der Waals surface area contributed by atoms with Gasteiger partial charge in [0.2, 0.25) is 5.79 Å². The normalized spacial score (nSPS) is 23.1. The molecule has 61 heavy (non-hydrogen) atoms. The Balaban J connectivity index is 1.51. The van der Waals surface area contributed by atoms with E-state index < -0.39 is 28.8 Å². The number of amides is 1. The van der Waals surface area contributed by atoms with Crippen LogP contribution >= 0.6 is 0 Å². The predicted octanol–water partition coefficient (Wildman–Crippen LogP) is 8.79. The summed E-state index contributed by atoms with van der Waals surface area (Å²) < 4.78 is 40.7. The number of unbranched alkanes of at least 4 members (excludes halogenated alkanes) is 2. The van der Waals surface area contributed by atoms with Crippen molar-refractivity contribution in [3.8, 4) is 11.5 Å². The van der Waals surface area contributed by atoms with Crippen LogP contribution in [0.3, 0.4) is 0 Å². The minimum absolute atomic E-state index is 0.00536. The Morgan fingerprint density at radius 2 is 1.79 bits per heavy atom. The number of nitrogens with zero attached hydrogens (tertiary/aromatic N) is 3. The second kappa shape index (κ2) is 21.3. The average molecular weight is 842 g/mol. The maximum absolute atomic E-state index is 14.7. The van der Waals surface area contributed by atoms with E-state index in [2.05, 4.69) is 19.2 Å². The number of hydrogen-bond donors (Lipinski definition) is 2. The van der Waals surface area contributed by atoms with Gasteiger partial charge in [0.1, 0.15) is 36.6 Å². The highest BCUT2D eigenvalue weighted by atomic mass is 19.1. The largest absolute Gasteiger partial charge is 0.489 e. The number of benzene rings is 3. The summed E-state index contributed by atoms with van der Waals surface area (Å²) in [5, 5.41) is 35.8. The molecule has 0 unspecified atom stereocenters. The smallest absolute Gasteiger partial charge is 0.409 e. The van der Waals surface area contributed by atoms with Gasteiger partial charge in [0.25, 0.3) is 5.69 Å². The van der Waals surface area contributed by atoms with Crippen molar-refractivity contribution in [1.29, 1.82) is 0 Å². The number of likely N-dealkylation sites (N-methyl/N-ethyl adjacent to an activating group) is 1. The van der Waals surface area contributed by atoms with Crippen molar-refractivity contribution in [2.24, 2.45) is 22.9 Å². The number of aliphatic hydroxyl groups excluding tert-OH is 2. The van der Waals surface area contributed by atoms with E-state index in [4.69, 9.17) is 28.9 Å². The van der Waals surface area contributed by atoms with Gasteiger partial charge in [0.15, 0.2) is 0 Å². The van der Waals surface area contributed by atoms with E-state index in [-0.39, 0.29) is 75.3 Å². The van der Waals surface area contributed by atoms with E-state index in [1.54, 1.807) is 55.6 Å². The Kier molecular flexibility index (Phi) is 15.7. The summed E-state index contributed by atoms with van der Waals surface area (Å²) in [5.41, 5.74) is 3.30. The lowest BCUT2D eigenvalue weighted by Gasteiger charge is -2.59. The molecule has 2 aliphatic carbocycles. The third-order valence-corrected chi connectivity index (χ3v) is 11.9. The molecular weight excluding hydrogens is 786 g/mol. The number of hydrogen-bond acceptors (Lipinski definition) is 11. The molecule has 13 nitrogen and oxygen atoms in total. The van der Waals surface area contributed by atoms with E-state index in [0.717, 1.165) is 36.8 Å². The number of nitro benzene ring substituents is 1. The molecular formula is C47H56FN3O10. The molecule has 326 valence electrons. The number of fused-ring (bicyclic) bond motifs is 2. The lowest BCUT2D eigenvalue weighted by atomic mass is 9.55. The van der Waals surface area contributed by atoms with Crippen LogP contribution in [0, 0.1) is 33.7 Å². The average Bonchev–Trinajstić information content (AvgIpc) is 3.26. The third-order valence-electron chi connectivity index (χ3n) is 11.9. The number of aliphatic hydroxyl groups is 2. The van der Waals surface area contributed by atoms with Crippen molar-refractivity contribution in [3.63, 3.8) is 0 Å². The summed E-state index contributed by atoms with van der Waals surface area (Å²) in [7, 11) is 1.65. The summed E-state index contributed by atoms with van der Waals surface area (Å²) in [5.74, 6) is -1.71. The molecule has 6 rings (SSSR count). The molecule has 0 spiro atoms. The fourth-order valence-corrected chi connectivity index (χ4v) is 8.95. The molecule has 1 fully saturated rings. The quantitative estimate of drug-likeness (QED) is 0.0433. The molecule has 0 bridgehead atoms. The first-order valence-corrected chi connectivity index (χ1v) is 21.0. The molecule has 0 aromatic heterocycles. The van der Waals surface area contributed by atoms with Crippen molar-refractivity contribution in [2.45, 2.75) is 82.3 Å². The molecule has 1 saturated carbocycles. The van der Waals surface area contributed by atoms with Crippen LogP contribution in [0.25, 0.3) is 0 Å². The monoisotopic (exact) mass is 841 g/mol. The molecule has 3 aromatic rings. The highest BCUT2D eigenvalue weighted by Crippen LogP contribution is 2.62. The molecule has 3 aromatic carbocycles. The van der Waals surface area contributed by atoms with Gasteiger partial charge in [-0.15, -0.1) is 13.2 Å². The number of carbonyl (C=O) groups is 1. The molecule has 0 radical (unpaired) electrons. The molecule has 1 aliphatic heterocycles. The van der Waals surface area contributed by atoms with Crippen LogP contribution < -0.4 is 9.47 Å². The Morgan fingerprint density at radius 3 is 2.49 bits per heavy atom. The number of ether oxygens (including phenoxy) is 4. The zero-order valence-corrected chi connectivity index (χ0v) is 34.7. The number of rotatable bonds is 22. The Bertz CT molecular complexity index is 2060. The Labute approximate surface area is 356 Å². The summed E-state index contributed by atoms with van der Waals surface area (Å²) >= 11 is 0. The van der Waals surface area contributed by atoms with Gasteiger partial charge in [-0.2, -0.15) is 0 Å². The van der Waals surface area contributed by atoms with Gasteiger partial charge in [-0.25, -0.2) is 9.18 Å². The zero-order valence-electron chi connectivity index (χ0n) is 34.7.